The maximum Gasteiger partial charge on any atom is 0.0499 e. The highest BCUT2D eigenvalue weighted by atomic mass is 14.8. The van der Waals surface area contributed by atoms with Crippen LogP contribution < -0.4 is 0 Å². The summed E-state index contributed by atoms with van der Waals surface area (Å²) in [5.74, 6) is 0. The summed E-state index contributed by atoms with van der Waals surface area (Å²) in [6.07, 6.45) is 17.4. The van der Waals surface area contributed by atoms with E-state index in [1.165, 1.54) is 80.9 Å². The van der Waals surface area contributed by atoms with Crippen LogP contribution in [-0.2, 0) is 5.41 Å². The molecule has 2 aliphatic rings. The molecule has 26 heavy (non-hydrogen) atoms. The zero-order valence-corrected chi connectivity index (χ0v) is 17.0. The lowest BCUT2D eigenvalue weighted by atomic mass is 9.85. The van der Waals surface area contributed by atoms with Crippen molar-refractivity contribution in [1.29, 1.82) is 0 Å². The third kappa shape index (κ3) is 5.79. The van der Waals surface area contributed by atoms with E-state index in [1.54, 1.807) is 0 Å². The van der Waals surface area contributed by atoms with Gasteiger partial charge in [-0.3, -0.25) is 9.98 Å². The normalized spacial score (nSPS) is 21.0. The van der Waals surface area contributed by atoms with Crippen molar-refractivity contribution in [3.8, 4) is 0 Å². The average Bonchev–Trinajstić information content (AvgIpc) is 2.66. The van der Waals surface area contributed by atoms with Crippen LogP contribution in [0.25, 0.3) is 0 Å². The number of benzene rings is 1. The van der Waals surface area contributed by atoms with E-state index >= 15 is 0 Å². The molecule has 0 saturated heterocycles. The molecule has 142 valence electrons. The molecular weight excluding hydrogens is 316 g/mol. The van der Waals surface area contributed by atoms with Crippen molar-refractivity contribution in [2.45, 2.75) is 102 Å². The molecule has 2 fully saturated rings. The first-order chi connectivity index (χ1) is 12.5. The molecule has 0 N–H and O–H groups in total. The van der Waals surface area contributed by atoms with Gasteiger partial charge in [0.2, 0.25) is 0 Å². The van der Waals surface area contributed by atoms with E-state index in [-0.39, 0.29) is 5.41 Å². The van der Waals surface area contributed by atoms with Gasteiger partial charge in [-0.25, -0.2) is 0 Å². The Kier molecular flexibility index (Phi) is 6.67. The SMILES string of the molecule is CC(C)(C)c1cc(C=NC2CCCCC2)cc(C=NC2CCCCC2)c1. The highest BCUT2D eigenvalue weighted by Crippen LogP contribution is 2.25. The zero-order valence-electron chi connectivity index (χ0n) is 17.0. The first-order valence-electron chi connectivity index (χ1n) is 10.7. The van der Waals surface area contributed by atoms with Gasteiger partial charge in [-0.05, 0) is 66.0 Å². The highest BCUT2D eigenvalue weighted by Gasteiger charge is 2.16. The molecule has 2 heteroatoms. The molecule has 0 radical (unpaired) electrons. The van der Waals surface area contributed by atoms with Crippen molar-refractivity contribution in [3.05, 3.63) is 34.9 Å². The summed E-state index contributed by atoms with van der Waals surface area (Å²) < 4.78 is 0. The fourth-order valence-electron chi connectivity index (χ4n) is 4.10. The second-order valence-electron chi connectivity index (χ2n) is 9.28. The van der Waals surface area contributed by atoms with Gasteiger partial charge in [0.25, 0.3) is 0 Å². The van der Waals surface area contributed by atoms with Crippen LogP contribution in [0.2, 0.25) is 0 Å². The molecule has 0 spiro atoms. The molecule has 2 saturated carbocycles. The highest BCUT2D eigenvalue weighted by molar-refractivity contribution is 5.87. The maximum absolute atomic E-state index is 4.90. The van der Waals surface area contributed by atoms with Crippen LogP contribution in [0.15, 0.2) is 28.2 Å². The number of rotatable bonds is 4. The summed E-state index contributed by atoms with van der Waals surface area (Å²) in [6.45, 7) is 6.85. The number of hydrogen-bond acceptors (Lipinski definition) is 2. The smallest absolute Gasteiger partial charge is 0.0499 e. The molecule has 1 aromatic carbocycles. The first-order valence-corrected chi connectivity index (χ1v) is 10.7. The van der Waals surface area contributed by atoms with E-state index in [4.69, 9.17) is 9.98 Å². The fourth-order valence-corrected chi connectivity index (χ4v) is 4.10. The van der Waals surface area contributed by atoms with Gasteiger partial charge in [-0.15, -0.1) is 0 Å². The van der Waals surface area contributed by atoms with Gasteiger partial charge in [0.15, 0.2) is 0 Å². The second kappa shape index (κ2) is 8.97. The standard InChI is InChI=1S/C24H36N2/c1-24(2,3)21-15-19(17-25-22-10-6-4-7-11-22)14-20(16-21)18-26-23-12-8-5-9-13-23/h14-18,22-23H,4-13H2,1-3H3. The molecular formula is C24H36N2. The van der Waals surface area contributed by atoms with Crippen molar-refractivity contribution < 1.29 is 0 Å². The number of hydrogen-bond donors (Lipinski definition) is 0. The summed E-state index contributed by atoms with van der Waals surface area (Å²) in [4.78, 5) is 9.80. The summed E-state index contributed by atoms with van der Waals surface area (Å²) >= 11 is 0. The van der Waals surface area contributed by atoms with E-state index in [2.05, 4.69) is 51.4 Å². The molecule has 0 heterocycles. The van der Waals surface area contributed by atoms with Crippen molar-refractivity contribution in [2.75, 3.05) is 0 Å². The Morgan fingerprint density at radius 3 is 1.50 bits per heavy atom. The largest absolute Gasteiger partial charge is 0.289 e. The molecule has 0 amide bonds. The van der Waals surface area contributed by atoms with Gasteiger partial charge in [0.1, 0.15) is 0 Å². The minimum atomic E-state index is 0.141. The van der Waals surface area contributed by atoms with E-state index in [9.17, 15) is 0 Å². The summed E-state index contributed by atoms with van der Waals surface area (Å²) in [7, 11) is 0. The third-order valence-corrected chi connectivity index (χ3v) is 5.86. The Labute approximate surface area is 160 Å². The molecule has 0 atom stereocenters. The zero-order chi connectivity index (χ0) is 18.4. The van der Waals surface area contributed by atoms with Crippen LogP contribution in [0.3, 0.4) is 0 Å². The van der Waals surface area contributed by atoms with Crippen molar-refractivity contribution in [1.82, 2.24) is 0 Å². The predicted octanol–water partition coefficient (Wildman–Crippen LogP) is 6.49. The quantitative estimate of drug-likeness (QED) is 0.553. The lowest BCUT2D eigenvalue weighted by Gasteiger charge is -2.21. The molecule has 0 aliphatic heterocycles. The lowest BCUT2D eigenvalue weighted by Crippen LogP contribution is -2.13. The maximum atomic E-state index is 4.90. The van der Waals surface area contributed by atoms with Gasteiger partial charge < -0.3 is 0 Å². The van der Waals surface area contributed by atoms with E-state index in [0.717, 1.165) is 0 Å². The number of nitrogens with zero attached hydrogens (tertiary/aromatic N) is 2. The fraction of sp³-hybridized carbons (Fsp3) is 0.667. The minimum absolute atomic E-state index is 0.141. The Morgan fingerprint density at radius 2 is 1.12 bits per heavy atom. The number of aliphatic imine (C=N–C) groups is 2. The Morgan fingerprint density at radius 1 is 0.692 bits per heavy atom. The van der Waals surface area contributed by atoms with Crippen LogP contribution >= 0.6 is 0 Å². The average molecular weight is 353 g/mol. The minimum Gasteiger partial charge on any atom is -0.289 e. The van der Waals surface area contributed by atoms with E-state index in [0.29, 0.717) is 12.1 Å². The van der Waals surface area contributed by atoms with Crippen LogP contribution in [-0.4, -0.2) is 24.5 Å². The summed E-state index contributed by atoms with van der Waals surface area (Å²) in [6, 6.07) is 7.94. The topological polar surface area (TPSA) is 24.7 Å². The van der Waals surface area contributed by atoms with Gasteiger partial charge in [-0.1, -0.05) is 59.3 Å². The Balaban J connectivity index is 1.79. The lowest BCUT2D eigenvalue weighted by molar-refractivity contribution is 0.444. The van der Waals surface area contributed by atoms with E-state index in [1.807, 2.05) is 0 Å². The van der Waals surface area contributed by atoms with Gasteiger partial charge in [0.05, 0.1) is 0 Å². The van der Waals surface area contributed by atoms with Crippen molar-refractivity contribution in [3.63, 3.8) is 0 Å². The van der Waals surface area contributed by atoms with Gasteiger partial charge in [0, 0.05) is 24.5 Å². The third-order valence-electron chi connectivity index (χ3n) is 5.86. The van der Waals surface area contributed by atoms with Crippen LogP contribution in [0, 0.1) is 0 Å². The molecule has 1 aromatic rings. The Bertz CT molecular complexity index is 578. The van der Waals surface area contributed by atoms with E-state index < -0.39 is 0 Å². The molecule has 2 nitrogen and oxygen atoms in total. The second-order valence-corrected chi connectivity index (χ2v) is 9.28. The van der Waals surface area contributed by atoms with Crippen LogP contribution in [0.1, 0.15) is 102 Å². The van der Waals surface area contributed by atoms with Crippen molar-refractivity contribution >= 4 is 12.4 Å². The molecule has 0 bridgehead atoms. The first kappa shape index (κ1) is 19.3. The monoisotopic (exact) mass is 352 g/mol. The van der Waals surface area contributed by atoms with Crippen molar-refractivity contribution in [2.24, 2.45) is 9.98 Å². The Hall–Kier alpha value is -1.44. The van der Waals surface area contributed by atoms with Gasteiger partial charge >= 0.3 is 0 Å². The predicted molar refractivity (Wildman–Crippen MR) is 114 cm³/mol. The molecule has 0 unspecified atom stereocenters. The summed E-state index contributed by atoms with van der Waals surface area (Å²) in [5.41, 5.74) is 3.97. The van der Waals surface area contributed by atoms with Crippen LogP contribution in [0.5, 0.6) is 0 Å². The molecule has 0 aromatic heterocycles. The molecule has 3 rings (SSSR count). The molecule has 2 aliphatic carbocycles. The summed E-state index contributed by atoms with van der Waals surface area (Å²) in [5, 5.41) is 0. The van der Waals surface area contributed by atoms with Crippen LogP contribution in [0.4, 0.5) is 0 Å². The van der Waals surface area contributed by atoms with Gasteiger partial charge in [-0.2, -0.15) is 0 Å².